The molecule has 1 aromatic heterocycles. The number of para-hydroxylation sites is 1. The Hall–Kier alpha value is -2.06. The molecule has 0 saturated carbocycles. The van der Waals surface area contributed by atoms with E-state index in [1.54, 1.807) is 11.3 Å². The fourth-order valence-electron chi connectivity index (χ4n) is 1.83. The van der Waals surface area contributed by atoms with Gasteiger partial charge in [0.25, 0.3) is 0 Å². The van der Waals surface area contributed by atoms with E-state index in [1.165, 1.54) is 15.4 Å². The average Bonchev–Trinajstić information content (AvgIpc) is 2.89. The molecule has 0 aliphatic carbocycles. The van der Waals surface area contributed by atoms with Crippen molar-refractivity contribution in [3.05, 3.63) is 72.8 Å². The molecule has 0 atom stereocenters. The highest BCUT2D eigenvalue weighted by Crippen LogP contribution is 2.32. The third kappa shape index (κ3) is 2.44. The molecule has 2 aromatic carbocycles. The Morgan fingerprint density at radius 2 is 1.33 bits per heavy atom. The van der Waals surface area contributed by atoms with Crippen LogP contribution in [0.3, 0.4) is 0 Å². The van der Waals surface area contributed by atoms with Crippen LogP contribution < -0.4 is 5.32 Å². The van der Waals surface area contributed by atoms with Gasteiger partial charge in [0, 0.05) is 10.6 Å². The van der Waals surface area contributed by atoms with E-state index in [2.05, 4.69) is 53.8 Å². The molecule has 0 unspecified atom stereocenters. The van der Waals surface area contributed by atoms with Crippen LogP contribution in [0, 0.1) is 0 Å². The first-order chi connectivity index (χ1) is 8.92. The molecule has 0 aliphatic rings. The summed E-state index contributed by atoms with van der Waals surface area (Å²) in [6.45, 7) is 0. The van der Waals surface area contributed by atoms with Crippen LogP contribution in [0.4, 0.5) is 10.7 Å². The second kappa shape index (κ2) is 5.07. The summed E-state index contributed by atoms with van der Waals surface area (Å²) in [4.78, 5) is 1.29. The first-order valence-electron chi connectivity index (χ1n) is 5.89. The van der Waals surface area contributed by atoms with Crippen molar-refractivity contribution in [3.63, 3.8) is 0 Å². The molecule has 1 heterocycles. The molecule has 1 nitrogen and oxygen atoms in total. The van der Waals surface area contributed by atoms with Gasteiger partial charge in [0.1, 0.15) is 0 Å². The van der Waals surface area contributed by atoms with Crippen LogP contribution in [-0.4, -0.2) is 0 Å². The van der Waals surface area contributed by atoms with Gasteiger partial charge in [0.2, 0.25) is 0 Å². The minimum atomic E-state index is 1.12. The predicted octanol–water partition coefficient (Wildman–Crippen LogP) is 5.16. The molecule has 0 amide bonds. The van der Waals surface area contributed by atoms with Gasteiger partial charge >= 0.3 is 0 Å². The number of rotatable bonds is 3. The normalized spacial score (nSPS) is 10.2. The lowest BCUT2D eigenvalue weighted by atomic mass is 10.2. The second-order valence-electron chi connectivity index (χ2n) is 4.02. The molecule has 88 valence electrons. The maximum Gasteiger partial charge on any atom is 0.0933 e. The molecule has 0 saturated heterocycles. The smallest absolute Gasteiger partial charge is 0.0933 e. The lowest BCUT2D eigenvalue weighted by Gasteiger charge is -2.02. The fourth-order valence-corrected chi connectivity index (χ4v) is 2.76. The fraction of sp³-hybridized carbons (Fsp3) is 0. The van der Waals surface area contributed by atoms with Crippen LogP contribution in [-0.2, 0) is 0 Å². The second-order valence-corrected chi connectivity index (χ2v) is 5.10. The molecule has 2 heteroatoms. The molecule has 3 rings (SSSR count). The molecule has 3 aromatic rings. The monoisotopic (exact) mass is 251 g/mol. The SMILES string of the molecule is c1ccc(Nc2ccc(-c3ccccc3)s2)cc1. The van der Waals surface area contributed by atoms with Gasteiger partial charge in [-0.25, -0.2) is 0 Å². The first-order valence-corrected chi connectivity index (χ1v) is 6.71. The third-order valence-electron chi connectivity index (χ3n) is 2.71. The zero-order valence-electron chi connectivity index (χ0n) is 9.84. The molecular weight excluding hydrogens is 238 g/mol. The van der Waals surface area contributed by atoms with Gasteiger partial charge in [-0.15, -0.1) is 11.3 Å². The van der Waals surface area contributed by atoms with Gasteiger partial charge in [-0.05, 0) is 29.8 Å². The molecule has 18 heavy (non-hydrogen) atoms. The van der Waals surface area contributed by atoms with E-state index in [1.807, 2.05) is 24.3 Å². The Labute approximate surface area is 111 Å². The number of thiophene rings is 1. The van der Waals surface area contributed by atoms with Crippen LogP contribution in [0.2, 0.25) is 0 Å². The van der Waals surface area contributed by atoms with Crippen molar-refractivity contribution in [2.24, 2.45) is 0 Å². The summed E-state index contributed by atoms with van der Waals surface area (Å²) in [7, 11) is 0. The molecule has 0 bridgehead atoms. The summed E-state index contributed by atoms with van der Waals surface area (Å²) in [5, 5.41) is 4.58. The van der Waals surface area contributed by atoms with Gasteiger partial charge in [-0.3, -0.25) is 0 Å². The zero-order chi connectivity index (χ0) is 12.2. The Morgan fingerprint density at radius 1 is 0.667 bits per heavy atom. The average molecular weight is 251 g/mol. The maximum absolute atomic E-state index is 3.41. The molecular formula is C16H13NS. The van der Waals surface area contributed by atoms with Crippen molar-refractivity contribution in [2.75, 3.05) is 5.32 Å². The Balaban J connectivity index is 1.82. The Kier molecular flexibility index (Phi) is 3.11. The van der Waals surface area contributed by atoms with Crippen LogP contribution in [0.5, 0.6) is 0 Å². The van der Waals surface area contributed by atoms with Gasteiger partial charge < -0.3 is 5.32 Å². The molecule has 0 fully saturated rings. The van der Waals surface area contributed by atoms with Gasteiger partial charge in [0.05, 0.1) is 5.00 Å². The topological polar surface area (TPSA) is 12.0 Å². The highest BCUT2D eigenvalue weighted by Gasteiger charge is 2.02. The summed E-state index contributed by atoms with van der Waals surface area (Å²) in [5.41, 5.74) is 2.39. The van der Waals surface area contributed by atoms with Crippen molar-refractivity contribution in [3.8, 4) is 10.4 Å². The number of anilines is 2. The highest BCUT2D eigenvalue weighted by atomic mass is 32.1. The van der Waals surface area contributed by atoms with Crippen LogP contribution in [0.15, 0.2) is 72.8 Å². The minimum Gasteiger partial charge on any atom is -0.347 e. The van der Waals surface area contributed by atoms with Crippen LogP contribution >= 0.6 is 11.3 Å². The van der Waals surface area contributed by atoms with E-state index >= 15 is 0 Å². The largest absolute Gasteiger partial charge is 0.347 e. The van der Waals surface area contributed by atoms with E-state index in [0.29, 0.717) is 0 Å². The summed E-state index contributed by atoms with van der Waals surface area (Å²) in [6.07, 6.45) is 0. The molecule has 0 radical (unpaired) electrons. The lowest BCUT2D eigenvalue weighted by Crippen LogP contribution is -1.84. The van der Waals surface area contributed by atoms with E-state index < -0.39 is 0 Å². The van der Waals surface area contributed by atoms with Gasteiger partial charge in [-0.2, -0.15) is 0 Å². The standard InChI is InChI=1S/C16H13NS/c1-3-7-13(8-4-1)15-11-12-16(18-15)17-14-9-5-2-6-10-14/h1-12,17H. The zero-order valence-corrected chi connectivity index (χ0v) is 10.7. The summed E-state index contributed by atoms with van der Waals surface area (Å²) >= 11 is 1.77. The van der Waals surface area contributed by atoms with Gasteiger partial charge in [-0.1, -0.05) is 48.5 Å². The highest BCUT2D eigenvalue weighted by molar-refractivity contribution is 7.19. The van der Waals surface area contributed by atoms with Crippen molar-refractivity contribution in [1.29, 1.82) is 0 Å². The number of nitrogens with one attached hydrogen (secondary N) is 1. The van der Waals surface area contributed by atoms with E-state index in [9.17, 15) is 0 Å². The van der Waals surface area contributed by atoms with Crippen molar-refractivity contribution in [2.45, 2.75) is 0 Å². The maximum atomic E-state index is 3.41. The lowest BCUT2D eigenvalue weighted by molar-refractivity contribution is 1.61. The van der Waals surface area contributed by atoms with E-state index in [0.717, 1.165) is 5.69 Å². The van der Waals surface area contributed by atoms with Crippen molar-refractivity contribution < 1.29 is 0 Å². The summed E-state index contributed by atoms with van der Waals surface area (Å²) in [5.74, 6) is 0. The third-order valence-corrected chi connectivity index (χ3v) is 3.76. The summed E-state index contributed by atoms with van der Waals surface area (Å²) < 4.78 is 0. The van der Waals surface area contributed by atoms with E-state index in [-0.39, 0.29) is 0 Å². The van der Waals surface area contributed by atoms with Crippen molar-refractivity contribution >= 4 is 22.0 Å². The predicted molar refractivity (Wildman–Crippen MR) is 79.5 cm³/mol. The number of hydrogen-bond donors (Lipinski definition) is 1. The molecule has 0 spiro atoms. The number of hydrogen-bond acceptors (Lipinski definition) is 2. The first kappa shape index (κ1) is 11.1. The van der Waals surface area contributed by atoms with Crippen molar-refractivity contribution in [1.82, 2.24) is 0 Å². The van der Waals surface area contributed by atoms with Crippen LogP contribution in [0.1, 0.15) is 0 Å². The minimum absolute atomic E-state index is 1.12. The quantitative estimate of drug-likeness (QED) is 0.678. The Morgan fingerprint density at radius 3 is 2.06 bits per heavy atom. The van der Waals surface area contributed by atoms with Gasteiger partial charge in [0.15, 0.2) is 0 Å². The molecule has 1 N–H and O–H groups in total. The number of benzene rings is 2. The van der Waals surface area contributed by atoms with E-state index in [4.69, 9.17) is 0 Å². The van der Waals surface area contributed by atoms with Crippen LogP contribution in [0.25, 0.3) is 10.4 Å². The Bertz CT molecular complexity index is 614. The summed E-state index contributed by atoms with van der Waals surface area (Å²) in [6, 6.07) is 25.0. The molecule has 0 aliphatic heterocycles.